The van der Waals surface area contributed by atoms with Crippen LogP contribution in [0.1, 0.15) is 43.8 Å². The molecule has 1 atom stereocenters. The average molecular weight is 283 g/mol. The van der Waals surface area contributed by atoms with E-state index in [0.29, 0.717) is 37.4 Å². The fourth-order valence-electron chi connectivity index (χ4n) is 2.10. The number of carbonyl (C=O) groups excluding carboxylic acids is 1. The minimum absolute atomic E-state index is 0.0807. The Morgan fingerprint density at radius 2 is 2.20 bits per heavy atom. The molecular formula is C15H25NO4. The smallest absolute Gasteiger partial charge is 0.220 e. The van der Waals surface area contributed by atoms with Crippen molar-refractivity contribution < 1.29 is 19.1 Å². The van der Waals surface area contributed by atoms with E-state index in [4.69, 9.17) is 9.15 Å². The fourth-order valence-corrected chi connectivity index (χ4v) is 2.10. The lowest BCUT2D eigenvalue weighted by Gasteiger charge is -2.23. The summed E-state index contributed by atoms with van der Waals surface area (Å²) in [5, 5.41) is 13.2. The lowest BCUT2D eigenvalue weighted by Crippen LogP contribution is -2.38. The maximum atomic E-state index is 11.7. The maximum absolute atomic E-state index is 11.7. The van der Waals surface area contributed by atoms with E-state index in [1.165, 1.54) is 0 Å². The second-order valence-electron chi connectivity index (χ2n) is 5.18. The zero-order valence-corrected chi connectivity index (χ0v) is 12.8. The first-order valence-electron chi connectivity index (χ1n) is 7.01. The van der Waals surface area contributed by atoms with E-state index < -0.39 is 5.60 Å². The Morgan fingerprint density at radius 1 is 1.50 bits per heavy atom. The SMILES string of the molecule is CCOCCCC(=O)NCC(C)(O)c1cc(C)oc1C. The molecule has 1 aromatic rings. The highest BCUT2D eigenvalue weighted by Crippen LogP contribution is 2.26. The van der Waals surface area contributed by atoms with Crippen molar-refractivity contribution in [2.24, 2.45) is 0 Å². The van der Waals surface area contributed by atoms with Crippen LogP contribution in [0.15, 0.2) is 10.5 Å². The second kappa shape index (κ2) is 7.45. The molecule has 20 heavy (non-hydrogen) atoms. The number of nitrogens with one attached hydrogen (secondary N) is 1. The Bertz CT molecular complexity index is 437. The van der Waals surface area contributed by atoms with Crippen LogP contribution in [0.5, 0.6) is 0 Å². The summed E-state index contributed by atoms with van der Waals surface area (Å²) >= 11 is 0. The summed E-state index contributed by atoms with van der Waals surface area (Å²) in [6.07, 6.45) is 1.09. The summed E-state index contributed by atoms with van der Waals surface area (Å²) in [4.78, 5) is 11.7. The Hall–Kier alpha value is -1.33. The lowest BCUT2D eigenvalue weighted by molar-refractivity contribution is -0.122. The molecule has 0 aliphatic rings. The molecule has 0 fully saturated rings. The van der Waals surface area contributed by atoms with Crippen LogP contribution < -0.4 is 5.32 Å². The number of rotatable bonds is 8. The molecule has 114 valence electrons. The van der Waals surface area contributed by atoms with Crippen molar-refractivity contribution in [3.05, 3.63) is 23.2 Å². The number of aryl methyl sites for hydroxylation is 2. The van der Waals surface area contributed by atoms with Crippen molar-refractivity contribution in [1.82, 2.24) is 5.32 Å². The molecule has 1 rings (SSSR count). The first-order chi connectivity index (χ1) is 9.36. The molecule has 0 bridgehead atoms. The number of hydrogen-bond acceptors (Lipinski definition) is 4. The minimum atomic E-state index is -1.13. The van der Waals surface area contributed by atoms with E-state index in [-0.39, 0.29) is 12.5 Å². The number of furan rings is 1. The van der Waals surface area contributed by atoms with Gasteiger partial charge in [0.15, 0.2) is 0 Å². The molecule has 0 saturated carbocycles. The predicted octanol–water partition coefficient (Wildman–Crippen LogP) is 2.04. The van der Waals surface area contributed by atoms with Gasteiger partial charge >= 0.3 is 0 Å². The third kappa shape index (κ3) is 4.98. The van der Waals surface area contributed by atoms with Crippen molar-refractivity contribution in [1.29, 1.82) is 0 Å². The van der Waals surface area contributed by atoms with Gasteiger partial charge < -0.3 is 19.6 Å². The standard InChI is InChI=1S/C15H25NO4/c1-5-19-8-6-7-14(17)16-10-15(4,18)13-9-11(2)20-12(13)3/h9,18H,5-8,10H2,1-4H3,(H,16,17). The molecule has 1 amide bonds. The van der Waals surface area contributed by atoms with Gasteiger partial charge in [0.2, 0.25) is 5.91 Å². The Labute approximate surface area is 120 Å². The first kappa shape index (κ1) is 16.7. The molecule has 1 heterocycles. The van der Waals surface area contributed by atoms with Gasteiger partial charge in [-0.1, -0.05) is 0 Å². The van der Waals surface area contributed by atoms with Crippen LogP contribution >= 0.6 is 0 Å². The van der Waals surface area contributed by atoms with E-state index in [2.05, 4.69) is 5.32 Å². The van der Waals surface area contributed by atoms with Crippen molar-refractivity contribution in [2.75, 3.05) is 19.8 Å². The molecule has 1 aromatic heterocycles. The number of amides is 1. The summed E-state index contributed by atoms with van der Waals surface area (Å²) in [6, 6.07) is 1.80. The van der Waals surface area contributed by atoms with Crippen molar-refractivity contribution >= 4 is 5.91 Å². The van der Waals surface area contributed by atoms with Crippen molar-refractivity contribution in [2.45, 2.75) is 46.1 Å². The van der Waals surface area contributed by atoms with Crippen molar-refractivity contribution in [3.63, 3.8) is 0 Å². The molecular weight excluding hydrogens is 258 g/mol. The van der Waals surface area contributed by atoms with E-state index in [1.807, 2.05) is 13.8 Å². The third-order valence-corrected chi connectivity index (χ3v) is 3.15. The molecule has 2 N–H and O–H groups in total. The first-order valence-corrected chi connectivity index (χ1v) is 7.01. The molecule has 0 aliphatic heterocycles. The van der Waals surface area contributed by atoms with Gasteiger partial charge in [0.05, 0.1) is 6.54 Å². The molecule has 0 saturated heterocycles. The van der Waals surface area contributed by atoms with Crippen LogP contribution in [0.25, 0.3) is 0 Å². The maximum Gasteiger partial charge on any atom is 0.220 e. The van der Waals surface area contributed by atoms with Gasteiger partial charge in [-0.15, -0.1) is 0 Å². The quantitative estimate of drug-likeness (QED) is 0.716. The van der Waals surface area contributed by atoms with E-state index in [0.717, 1.165) is 5.76 Å². The van der Waals surface area contributed by atoms with Crippen molar-refractivity contribution in [3.8, 4) is 0 Å². The summed E-state index contributed by atoms with van der Waals surface area (Å²) in [7, 11) is 0. The highest BCUT2D eigenvalue weighted by atomic mass is 16.5. The Balaban J connectivity index is 2.43. The normalized spacial score (nSPS) is 14.1. The fraction of sp³-hybridized carbons (Fsp3) is 0.667. The molecule has 0 aliphatic carbocycles. The number of carbonyl (C=O) groups is 1. The van der Waals surface area contributed by atoms with Gasteiger partial charge in [-0.25, -0.2) is 0 Å². The van der Waals surface area contributed by atoms with E-state index in [9.17, 15) is 9.90 Å². The minimum Gasteiger partial charge on any atom is -0.466 e. The van der Waals surface area contributed by atoms with Gasteiger partial charge in [0.1, 0.15) is 17.1 Å². The highest BCUT2D eigenvalue weighted by Gasteiger charge is 2.28. The Kier molecular flexibility index (Phi) is 6.23. The average Bonchev–Trinajstić information content (AvgIpc) is 2.72. The summed E-state index contributed by atoms with van der Waals surface area (Å²) < 4.78 is 10.6. The largest absolute Gasteiger partial charge is 0.466 e. The summed E-state index contributed by atoms with van der Waals surface area (Å²) in [6.45, 7) is 8.65. The second-order valence-corrected chi connectivity index (χ2v) is 5.18. The number of aliphatic hydroxyl groups is 1. The van der Waals surface area contributed by atoms with E-state index >= 15 is 0 Å². The molecule has 0 radical (unpaired) electrons. The van der Waals surface area contributed by atoms with Crippen LogP contribution in [-0.2, 0) is 15.1 Å². The Morgan fingerprint density at radius 3 is 2.75 bits per heavy atom. The predicted molar refractivity (Wildman–Crippen MR) is 76.5 cm³/mol. The molecule has 5 nitrogen and oxygen atoms in total. The summed E-state index contributed by atoms with van der Waals surface area (Å²) in [5.74, 6) is 1.35. The van der Waals surface area contributed by atoms with Gasteiger partial charge in [0.25, 0.3) is 0 Å². The summed E-state index contributed by atoms with van der Waals surface area (Å²) in [5.41, 5.74) is -0.415. The van der Waals surface area contributed by atoms with E-state index in [1.54, 1.807) is 19.9 Å². The number of ether oxygens (including phenoxy) is 1. The zero-order valence-electron chi connectivity index (χ0n) is 12.8. The molecule has 0 spiro atoms. The van der Waals surface area contributed by atoms with Crippen LogP contribution in [0, 0.1) is 13.8 Å². The van der Waals surface area contributed by atoms with Crippen LogP contribution in [0.4, 0.5) is 0 Å². The van der Waals surface area contributed by atoms with Crippen LogP contribution in [0.2, 0.25) is 0 Å². The molecule has 0 aromatic carbocycles. The lowest BCUT2D eigenvalue weighted by atomic mass is 9.96. The molecule has 1 unspecified atom stereocenters. The highest BCUT2D eigenvalue weighted by molar-refractivity contribution is 5.75. The monoisotopic (exact) mass is 283 g/mol. The van der Waals surface area contributed by atoms with Gasteiger partial charge in [-0.2, -0.15) is 0 Å². The third-order valence-electron chi connectivity index (χ3n) is 3.15. The van der Waals surface area contributed by atoms with Crippen LogP contribution in [0.3, 0.4) is 0 Å². The van der Waals surface area contributed by atoms with Crippen LogP contribution in [-0.4, -0.2) is 30.8 Å². The van der Waals surface area contributed by atoms with Gasteiger partial charge in [-0.3, -0.25) is 4.79 Å². The zero-order chi connectivity index (χ0) is 15.2. The number of hydrogen-bond donors (Lipinski definition) is 2. The van der Waals surface area contributed by atoms with Gasteiger partial charge in [0, 0.05) is 25.2 Å². The topological polar surface area (TPSA) is 71.7 Å². The van der Waals surface area contributed by atoms with Gasteiger partial charge in [-0.05, 0) is 40.2 Å². The molecule has 5 heteroatoms.